The second-order valence-electron chi connectivity index (χ2n) is 9.88. The molecule has 1 aromatic carbocycles. The van der Waals surface area contributed by atoms with Crippen molar-refractivity contribution in [2.75, 3.05) is 55.4 Å². The zero-order valence-corrected chi connectivity index (χ0v) is 20.8. The first-order chi connectivity index (χ1) is 18.3. The SMILES string of the molecule is Cc1c(-c2cc3cc(N(C(=O)O)[C@H]4CCN(C5COC5)C[C@@H]4F)ncc3c(N)c2F)cnc2c1NCCO2. The number of amides is 1. The van der Waals surface area contributed by atoms with Crippen molar-refractivity contribution < 1.29 is 28.2 Å². The standard InChI is InChI=1S/C26H28F2N6O4/c1-13-17(8-32-25-24(13)30-3-5-38-25)16-6-14-7-21(31-9-18(14)23(29)22(16)28)34(26(35)36)20-2-4-33(10-19(20)27)15-11-37-12-15/h6-9,15,19-20,30H,2-5,10-12,29H2,1H3,(H,35,36)/t19-,20-/m0/s1. The Morgan fingerprint density at radius 2 is 2.08 bits per heavy atom. The number of rotatable bonds is 4. The average molecular weight is 527 g/mol. The summed E-state index contributed by atoms with van der Waals surface area (Å²) in [6.45, 7) is 4.74. The maximum Gasteiger partial charge on any atom is 0.413 e. The molecule has 38 heavy (non-hydrogen) atoms. The van der Waals surface area contributed by atoms with Gasteiger partial charge in [0.25, 0.3) is 0 Å². The zero-order chi connectivity index (χ0) is 26.6. The summed E-state index contributed by atoms with van der Waals surface area (Å²) in [6, 6.07) is 2.39. The number of aromatic nitrogens is 2. The summed E-state index contributed by atoms with van der Waals surface area (Å²) < 4.78 is 41.6. The van der Waals surface area contributed by atoms with E-state index in [1.54, 1.807) is 6.07 Å². The van der Waals surface area contributed by atoms with E-state index in [1.165, 1.54) is 18.5 Å². The van der Waals surface area contributed by atoms with Gasteiger partial charge >= 0.3 is 6.09 Å². The molecule has 0 bridgehead atoms. The highest BCUT2D eigenvalue weighted by Gasteiger charge is 2.40. The number of nitrogens with zero attached hydrogens (tertiary/aromatic N) is 4. The van der Waals surface area contributed by atoms with Crippen LogP contribution in [0.25, 0.3) is 21.9 Å². The van der Waals surface area contributed by atoms with Crippen molar-refractivity contribution in [1.29, 1.82) is 0 Å². The van der Waals surface area contributed by atoms with Crippen molar-refractivity contribution >= 4 is 34.1 Å². The Labute approximate surface area is 217 Å². The number of nitrogens with two attached hydrogens (primary N) is 1. The Hall–Kier alpha value is -3.77. The summed E-state index contributed by atoms with van der Waals surface area (Å²) in [5.74, 6) is -0.114. The molecule has 0 aliphatic carbocycles. The summed E-state index contributed by atoms with van der Waals surface area (Å²) in [5, 5.41) is 14.1. The Balaban J connectivity index is 1.38. The van der Waals surface area contributed by atoms with Crippen LogP contribution in [0, 0.1) is 12.7 Å². The molecule has 3 aliphatic rings. The van der Waals surface area contributed by atoms with Crippen LogP contribution in [-0.4, -0.2) is 83.8 Å². The molecule has 3 aromatic rings. The normalized spacial score (nSPS) is 21.8. The topological polar surface area (TPSA) is 126 Å². The van der Waals surface area contributed by atoms with Gasteiger partial charge in [0, 0.05) is 48.5 Å². The van der Waals surface area contributed by atoms with E-state index in [2.05, 4.69) is 15.3 Å². The van der Waals surface area contributed by atoms with Gasteiger partial charge in [-0.3, -0.25) is 9.80 Å². The van der Waals surface area contributed by atoms with Crippen molar-refractivity contribution in [2.24, 2.45) is 0 Å². The molecule has 0 unspecified atom stereocenters. The molecule has 0 spiro atoms. The van der Waals surface area contributed by atoms with Crippen molar-refractivity contribution in [1.82, 2.24) is 14.9 Å². The molecule has 200 valence electrons. The van der Waals surface area contributed by atoms with Crippen LogP contribution >= 0.6 is 0 Å². The van der Waals surface area contributed by atoms with E-state index < -0.39 is 24.1 Å². The number of likely N-dealkylation sites (tertiary alicyclic amines) is 1. The lowest BCUT2D eigenvalue weighted by Crippen LogP contribution is -2.59. The molecule has 12 heteroatoms. The number of hydrogen-bond acceptors (Lipinski definition) is 8. The van der Waals surface area contributed by atoms with Gasteiger partial charge in [0.1, 0.15) is 24.3 Å². The van der Waals surface area contributed by atoms with Gasteiger partial charge in [-0.2, -0.15) is 0 Å². The summed E-state index contributed by atoms with van der Waals surface area (Å²) in [5.41, 5.74) is 8.24. The van der Waals surface area contributed by atoms with Gasteiger partial charge < -0.3 is 25.6 Å². The molecule has 4 N–H and O–H groups in total. The van der Waals surface area contributed by atoms with Crippen molar-refractivity contribution in [3.8, 4) is 17.0 Å². The number of carbonyl (C=O) groups is 1. The van der Waals surface area contributed by atoms with Crippen LogP contribution in [0.1, 0.15) is 12.0 Å². The summed E-state index contributed by atoms with van der Waals surface area (Å²) >= 11 is 0. The third kappa shape index (κ3) is 4.04. The fourth-order valence-corrected chi connectivity index (χ4v) is 5.49. The van der Waals surface area contributed by atoms with E-state index in [1.807, 2.05) is 11.8 Å². The zero-order valence-electron chi connectivity index (χ0n) is 20.8. The lowest BCUT2D eigenvalue weighted by molar-refractivity contribution is -0.0803. The van der Waals surface area contributed by atoms with Crippen molar-refractivity contribution in [3.63, 3.8) is 0 Å². The molecule has 1 amide bonds. The van der Waals surface area contributed by atoms with Gasteiger partial charge in [-0.15, -0.1) is 0 Å². The molecule has 0 radical (unpaired) electrons. The fourth-order valence-electron chi connectivity index (χ4n) is 5.49. The van der Waals surface area contributed by atoms with E-state index in [9.17, 15) is 9.90 Å². The molecule has 5 heterocycles. The minimum atomic E-state index is -1.40. The predicted molar refractivity (Wildman–Crippen MR) is 138 cm³/mol. The molecule has 2 atom stereocenters. The van der Waals surface area contributed by atoms with E-state index in [0.717, 1.165) is 10.5 Å². The highest BCUT2D eigenvalue weighted by Crippen LogP contribution is 2.40. The van der Waals surface area contributed by atoms with Crippen LogP contribution in [0.15, 0.2) is 24.5 Å². The summed E-state index contributed by atoms with van der Waals surface area (Å²) in [6.07, 6.45) is 0.483. The Bertz CT molecular complexity index is 1420. The van der Waals surface area contributed by atoms with Gasteiger partial charge in [-0.1, -0.05) is 0 Å². The lowest BCUT2D eigenvalue weighted by Gasteiger charge is -2.44. The number of benzene rings is 1. The van der Waals surface area contributed by atoms with Gasteiger partial charge in [0.2, 0.25) is 5.88 Å². The minimum Gasteiger partial charge on any atom is -0.474 e. The van der Waals surface area contributed by atoms with Crippen LogP contribution in [0.3, 0.4) is 0 Å². The number of halogens is 2. The first kappa shape index (κ1) is 24.6. The van der Waals surface area contributed by atoms with E-state index >= 15 is 8.78 Å². The van der Waals surface area contributed by atoms with Gasteiger partial charge in [-0.05, 0) is 36.4 Å². The third-order valence-corrected chi connectivity index (χ3v) is 7.68. The maximum absolute atomic E-state index is 15.5. The summed E-state index contributed by atoms with van der Waals surface area (Å²) in [7, 11) is 0. The second kappa shape index (κ2) is 9.52. The Morgan fingerprint density at radius 1 is 1.26 bits per heavy atom. The van der Waals surface area contributed by atoms with Crippen LogP contribution in [0.4, 0.5) is 30.8 Å². The first-order valence-electron chi connectivity index (χ1n) is 12.6. The fraction of sp³-hybridized carbons (Fsp3) is 0.423. The molecule has 10 nitrogen and oxygen atoms in total. The summed E-state index contributed by atoms with van der Waals surface area (Å²) in [4.78, 5) is 23.9. The van der Waals surface area contributed by atoms with E-state index in [-0.39, 0.29) is 29.7 Å². The predicted octanol–water partition coefficient (Wildman–Crippen LogP) is 3.43. The van der Waals surface area contributed by atoms with Gasteiger partial charge in [0.15, 0.2) is 5.82 Å². The number of ether oxygens (including phenoxy) is 2. The van der Waals surface area contributed by atoms with Crippen LogP contribution in [0.2, 0.25) is 0 Å². The molecule has 6 rings (SSSR count). The monoisotopic (exact) mass is 526 g/mol. The second-order valence-corrected chi connectivity index (χ2v) is 9.88. The van der Waals surface area contributed by atoms with E-state index in [0.29, 0.717) is 67.2 Å². The van der Waals surface area contributed by atoms with Crippen molar-refractivity contribution in [2.45, 2.75) is 31.6 Å². The number of hydrogen-bond donors (Lipinski definition) is 3. The molecule has 2 fully saturated rings. The van der Waals surface area contributed by atoms with Crippen molar-refractivity contribution in [3.05, 3.63) is 35.9 Å². The number of nitrogens with one attached hydrogen (secondary N) is 1. The number of nitrogen functional groups attached to an aromatic ring is 1. The minimum absolute atomic E-state index is 0.0605. The molecule has 2 aromatic heterocycles. The molecule has 3 aliphatic heterocycles. The number of pyridine rings is 2. The Kier molecular flexibility index (Phi) is 6.15. The highest BCUT2D eigenvalue weighted by atomic mass is 19.1. The van der Waals surface area contributed by atoms with Crippen LogP contribution in [0.5, 0.6) is 5.88 Å². The number of fused-ring (bicyclic) bond motifs is 2. The molecular formula is C26H28F2N6O4. The molecule has 0 saturated carbocycles. The highest BCUT2D eigenvalue weighted by molar-refractivity contribution is 5.99. The van der Waals surface area contributed by atoms with Crippen LogP contribution in [-0.2, 0) is 4.74 Å². The Morgan fingerprint density at radius 3 is 2.79 bits per heavy atom. The van der Waals surface area contributed by atoms with Gasteiger partial charge in [-0.25, -0.2) is 23.5 Å². The maximum atomic E-state index is 15.5. The largest absolute Gasteiger partial charge is 0.474 e. The first-order valence-corrected chi connectivity index (χ1v) is 12.6. The number of carboxylic acid groups (broad SMARTS) is 1. The smallest absolute Gasteiger partial charge is 0.413 e. The third-order valence-electron chi connectivity index (χ3n) is 7.68. The number of piperidine rings is 1. The molecular weight excluding hydrogens is 498 g/mol. The van der Waals surface area contributed by atoms with Gasteiger partial charge in [0.05, 0.1) is 31.0 Å². The number of anilines is 3. The number of alkyl halides is 1. The molecule has 2 saturated heterocycles. The lowest BCUT2D eigenvalue weighted by atomic mass is 9.96. The van der Waals surface area contributed by atoms with E-state index in [4.69, 9.17) is 15.2 Å². The quantitative estimate of drug-likeness (QED) is 0.439. The average Bonchev–Trinajstić information content (AvgIpc) is 2.87. The van der Waals surface area contributed by atoms with Crippen LogP contribution < -0.4 is 20.7 Å².